The summed E-state index contributed by atoms with van der Waals surface area (Å²) in [6.45, 7) is 5.69. The van der Waals surface area contributed by atoms with Gasteiger partial charge in [0.2, 0.25) is 0 Å². The molecule has 138 valence electrons. The molecule has 1 atom stereocenters. The molecule has 1 saturated heterocycles. The predicted octanol–water partition coefficient (Wildman–Crippen LogP) is 3.17. The second-order valence-electron chi connectivity index (χ2n) is 7.54. The Morgan fingerprint density at radius 1 is 1.15 bits per heavy atom. The van der Waals surface area contributed by atoms with Crippen molar-refractivity contribution in [2.75, 3.05) is 26.2 Å². The quantitative estimate of drug-likeness (QED) is 0.898. The van der Waals surface area contributed by atoms with E-state index in [0.717, 1.165) is 45.4 Å². The highest BCUT2D eigenvalue weighted by molar-refractivity contribution is 7.07. The third kappa shape index (κ3) is 3.94. The Kier molecular flexibility index (Phi) is 5.27. The Bertz CT molecular complexity index is 712. The van der Waals surface area contributed by atoms with Gasteiger partial charge in [-0.3, -0.25) is 4.90 Å². The number of hydrogen-bond donors (Lipinski definition) is 1. The Morgan fingerprint density at radius 3 is 2.46 bits per heavy atom. The van der Waals surface area contributed by atoms with E-state index < -0.39 is 0 Å². The van der Waals surface area contributed by atoms with E-state index in [9.17, 15) is 4.79 Å². The number of piperazine rings is 1. The third-order valence-corrected chi connectivity index (χ3v) is 6.37. The number of nitrogens with zero attached hydrogens (tertiary/aromatic N) is 2. The summed E-state index contributed by atoms with van der Waals surface area (Å²) in [6.07, 6.45) is 3.20. The van der Waals surface area contributed by atoms with E-state index >= 15 is 0 Å². The molecule has 2 aliphatic rings. The van der Waals surface area contributed by atoms with Crippen molar-refractivity contribution < 1.29 is 4.79 Å². The molecule has 4 nitrogen and oxygen atoms in total. The lowest BCUT2D eigenvalue weighted by molar-refractivity contribution is 0.110. The average molecular weight is 370 g/mol. The standard InChI is InChI=1S/C21H27N3OS/c1-16(12-17-6-11-26-15-17)22-21(25)24-9-7-23(8-10-24)20-13-18-4-2-3-5-19(18)14-20/h2-6,11,15-16,20H,7-10,12-14H2,1H3,(H,22,25)/t16-/m0/s1. The molecule has 0 saturated carbocycles. The van der Waals surface area contributed by atoms with Crippen molar-refractivity contribution in [2.24, 2.45) is 0 Å². The summed E-state index contributed by atoms with van der Waals surface area (Å²) in [5.41, 5.74) is 4.30. The largest absolute Gasteiger partial charge is 0.335 e. The Balaban J connectivity index is 1.24. The highest BCUT2D eigenvalue weighted by Gasteiger charge is 2.30. The normalized spacial score (nSPS) is 19.3. The molecule has 2 amide bonds. The zero-order valence-electron chi connectivity index (χ0n) is 15.4. The summed E-state index contributed by atoms with van der Waals surface area (Å²) in [5, 5.41) is 7.40. The van der Waals surface area contributed by atoms with Crippen LogP contribution >= 0.6 is 11.3 Å². The second kappa shape index (κ2) is 7.80. The molecule has 1 aliphatic heterocycles. The van der Waals surface area contributed by atoms with Gasteiger partial charge in [0.05, 0.1) is 0 Å². The summed E-state index contributed by atoms with van der Waals surface area (Å²) in [7, 11) is 0. The lowest BCUT2D eigenvalue weighted by atomic mass is 10.1. The van der Waals surface area contributed by atoms with Crippen molar-refractivity contribution in [1.29, 1.82) is 0 Å². The van der Waals surface area contributed by atoms with Crippen LogP contribution in [0.25, 0.3) is 0 Å². The van der Waals surface area contributed by atoms with Crippen LogP contribution in [0, 0.1) is 0 Å². The summed E-state index contributed by atoms with van der Waals surface area (Å²) in [5.74, 6) is 0. The van der Waals surface area contributed by atoms with Crippen LogP contribution in [0.4, 0.5) is 4.79 Å². The molecule has 2 aromatic rings. The lowest BCUT2D eigenvalue weighted by Crippen LogP contribution is -2.55. The molecular weight excluding hydrogens is 342 g/mol. The van der Waals surface area contributed by atoms with Crippen LogP contribution in [0.15, 0.2) is 41.1 Å². The number of benzene rings is 1. The van der Waals surface area contributed by atoms with Crippen LogP contribution in [0.3, 0.4) is 0 Å². The molecule has 1 aromatic carbocycles. The molecule has 1 aromatic heterocycles. The van der Waals surface area contributed by atoms with Crippen LogP contribution in [0.2, 0.25) is 0 Å². The van der Waals surface area contributed by atoms with Gasteiger partial charge in [-0.2, -0.15) is 11.3 Å². The lowest BCUT2D eigenvalue weighted by Gasteiger charge is -2.38. The summed E-state index contributed by atoms with van der Waals surface area (Å²) in [6, 6.07) is 11.8. The molecule has 1 fully saturated rings. The van der Waals surface area contributed by atoms with E-state index in [0.29, 0.717) is 6.04 Å². The first kappa shape index (κ1) is 17.6. The number of carbonyl (C=O) groups excluding carboxylic acids is 1. The minimum absolute atomic E-state index is 0.0853. The molecule has 0 bridgehead atoms. The summed E-state index contributed by atoms with van der Waals surface area (Å²) >= 11 is 1.71. The second-order valence-corrected chi connectivity index (χ2v) is 8.32. The number of fused-ring (bicyclic) bond motifs is 1. The van der Waals surface area contributed by atoms with Crippen LogP contribution in [0.5, 0.6) is 0 Å². The molecule has 0 radical (unpaired) electrons. The van der Waals surface area contributed by atoms with Crippen LogP contribution in [-0.2, 0) is 19.3 Å². The molecule has 4 rings (SSSR count). The predicted molar refractivity (Wildman–Crippen MR) is 107 cm³/mol. The first-order valence-corrected chi connectivity index (χ1v) is 10.5. The fraction of sp³-hybridized carbons (Fsp3) is 0.476. The number of rotatable bonds is 4. The molecular formula is C21H27N3OS. The van der Waals surface area contributed by atoms with Crippen LogP contribution in [0.1, 0.15) is 23.6 Å². The van der Waals surface area contributed by atoms with Gasteiger partial charge in [0.1, 0.15) is 0 Å². The maximum absolute atomic E-state index is 12.5. The summed E-state index contributed by atoms with van der Waals surface area (Å²) < 4.78 is 0. The first-order valence-electron chi connectivity index (χ1n) is 9.56. The van der Waals surface area contributed by atoms with Gasteiger partial charge in [0, 0.05) is 38.3 Å². The van der Waals surface area contributed by atoms with Crippen LogP contribution < -0.4 is 5.32 Å². The Hall–Kier alpha value is -1.85. The minimum atomic E-state index is 0.0853. The zero-order valence-corrected chi connectivity index (χ0v) is 16.2. The number of hydrogen-bond acceptors (Lipinski definition) is 3. The molecule has 1 N–H and O–H groups in total. The van der Waals surface area contributed by atoms with Gasteiger partial charge < -0.3 is 10.2 Å². The number of nitrogens with one attached hydrogen (secondary N) is 1. The van der Waals surface area contributed by atoms with Gasteiger partial charge in [0.15, 0.2) is 0 Å². The van der Waals surface area contributed by atoms with Gasteiger partial charge in [-0.05, 0) is 59.7 Å². The van der Waals surface area contributed by atoms with Gasteiger partial charge in [0.25, 0.3) is 0 Å². The first-order chi connectivity index (χ1) is 12.7. The highest BCUT2D eigenvalue weighted by atomic mass is 32.1. The third-order valence-electron chi connectivity index (χ3n) is 5.64. The van der Waals surface area contributed by atoms with Crippen molar-refractivity contribution in [3.8, 4) is 0 Å². The SMILES string of the molecule is C[C@@H](Cc1ccsc1)NC(=O)N1CCN(C2Cc3ccccc3C2)CC1. The topological polar surface area (TPSA) is 35.6 Å². The van der Waals surface area contributed by atoms with Gasteiger partial charge in [-0.25, -0.2) is 4.79 Å². The molecule has 1 aliphatic carbocycles. The molecule has 0 spiro atoms. The maximum Gasteiger partial charge on any atom is 0.317 e. The van der Waals surface area contributed by atoms with E-state index in [1.54, 1.807) is 11.3 Å². The fourth-order valence-corrected chi connectivity index (χ4v) is 4.88. The highest BCUT2D eigenvalue weighted by Crippen LogP contribution is 2.26. The number of urea groups is 1. The smallest absolute Gasteiger partial charge is 0.317 e. The molecule has 2 heterocycles. The number of carbonyl (C=O) groups is 1. The molecule has 0 unspecified atom stereocenters. The van der Waals surface area contributed by atoms with Gasteiger partial charge in [-0.15, -0.1) is 0 Å². The van der Waals surface area contributed by atoms with E-state index in [4.69, 9.17) is 0 Å². The van der Waals surface area contributed by atoms with Gasteiger partial charge in [-0.1, -0.05) is 24.3 Å². The van der Waals surface area contributed by atoms with Crippen molar-refractivity contribution in [1.82, 2.24) is 15.1 Å². The molecule has 26 heavy (non-hydrogen) atoms. The Morgan fingerprint density at radius 2 is 1.85 bits per heavy atom. The number of thiophene rings is 1. The van der Waals surface area contributed by atoms with Crippen LogP contribution in [-0.4, -0.2) is 54.1 Å². The van der Waals surface area contributed by atoms with Crippen molar-refractivity contribution in [2.45, 2.75) is 38.3 Å². The van der Waals surface area contributed by atoms with E-state index in [-0.39, 0.29) is 12.1 Å². The van der Waals surface area contributed by atoms with Gasteiger partial charge >= 0.3 is 6.03 Å². The zero-order chi connectivity index (χ0) is 17.9. The maximum atomic E-state index is 12.5. The van der Waals surface area contributed by atoms with Crippen molar-refractivity contribution in [3.05, 3.63) is 57.8 Å². The monoisotopic (exact) mass is 369 g/mol. The number of amides is 2. The van der Waals surface area contributed by atoms with Crippen molar-refractivity contribution >= 4 is 17.4 Å². The fourth-order valence-electron chi connectivity index (χ4n) is 4.20. The molecule has 5 heteroatoms. The minimum Gasteiger partial charge on any atom is -0.335 e. The van der Waals surface area contributed by atoms with Crippen molar-refractivity contribution in [3.63, 3.8) is 0 Å². The van der Waals surface area contributed by atoms with E-state index in [1.165, 1.54) is 16.7 Å². The average Bonchev–Trinajstić information content (AvgIpc) is 3.31. The van der Waals surface area contributed by atoms with E-state index in [1.807, 2.05) is 4.90 Å². The van der Waals surface area contributed by atoms with E-state index in [2.05, 4.69) is 58.2 Å². The Labute approximate surface area is 159 Å². The summed E-state index contributed by atoms with van der Waals surface area (Å²) in [4.78, 5) is 17.1.